The molecule has 10 heteroatoms. The van der Waals surface area contributed by atoms with Crippen molar-refractivity contribution in [2.24, 2.45) is 4.99 Å². The van der Waals surface area contributed by atoms with Crippen molar-refractivity contribution in [2.75, 3.05) is 16.8 Å². The standard InChI is InChI=1S/C23H17N9O/c24-9-13-3-1-4-14(7-13)11-33-16-6-2-5-15(8-16)20-18-19(27)17(10-25)21(28)31-22(18)32-23(30-20)29-12-26/h1-8,20H,11H2,(H6,27,28,29,30,31,32). The number of benzene rings is 2. The first-order valence-corrected chi connectivity index (χ1v) is 9.74. The van der Waals surface area contributed by atoms with Gasteiger partial charge in [0, 0.05) is 5.56 Å². The van der Waals surface area contributed by atoms with E-state index in [9.17, 15) is 5.26 Å². The maximum Gasteiger partial charge on any atom is 0.211 e. The van der Waals surface area contributed by atoms with Crippen molar-refractivity contribution in [3.05, 3.63) is 76.3 Å². The number of anilines is 3. The molecule has 0 spiro atoms. The summed E-state index contributed by atoms with van der Waals surface area (Å²) in [7, 11) is 0. The molecule has 1 aliphatic rings. The lowest BCUT2D eigenvalue weighted by atomic mass is 9.95. The number of nitrogens with one attached hydrogen (secondary N) is 2. The molecule has 0 saturated carbocycles. The molecule has 3 aromatic rings. The Balaban J connectivity index is 1.70. The van der Waals surface area contributed by atoms with E-state index in [4.69, 9.17) is 26.7 Å². The zero-order valence-corrected chi connectivity index (χ0v) is 17.2. The van der Waals surface area contributed by atoms with Crippen molar-refractivity contribution < 1.29 is 4.74 Å². The number of aliphatic imine (C=N–C) groups is 1. The minimum absolute atomic E-state index is 0.0186. The number of nitrogen functional groups attached to an aromatic ring is 2. The van der Waals surface area contributed by atoms with Gasteiger partial charge >= 0.3 is 0 Å². The number of hydrogen-bond donors (Lipinski definition) is 4. The second kappa shape index (κ2) is 8.84. The lowest BCUT2D eigenvalue weighted by Crippen LogP contribution is -2.32. The fraction of sp³-hybridized carbons (Fsp3) is 0.0870. The highest BCUT2D eigenvalue weighted by Gasteiger charge is 2.29. The minimum atomic E-state index is -0.664. The number of pyridine rings is 1. The van der Waals surface area contributed by atoms with Gasteiger partial charge in [-0.3, -0.25) is 5.32 Å². The van der Waals surface area contributed by atoms with Crippen molar-refractivity contribution in [2.45, 2.75) is 12.6 Å². The summed E-state index contributed by atoms with van der Waals surface area (Å²) in [6.45, 7) is 0.269. The summed E-state index contributed by atoms with van der Waals surface area (Å²) in [5, 5.41) is 32.9. The zero-order chi connectivity index (χ0) is 23.4. The van der Waals surface area contributed by atoms with Gasteiger partial charge in [0.25, 0.3) is 0 Å². The van der Waals surface area contributed by atoms with E-state index in [-0.39, 0.29) is 29.6 Å². The highest BCUT2D eigenvalue weighted by atomic mass is 16.5. The van der Waals surface area contributed by atoms with Gasteiger partial charge in [-0.2, -0.15) is 15.8 Å². The fourth-order valence-corrected chi connectivity index (χ4v) is 3.49. The van der Waals surface area contributed by atoms with Crippen LogP contribution in [0.2, 0.25) is 0 Å². The lowest BCUT2D eigenvalue weighted by Gasteiger charge is -2.26. The van der Waals surface area contributed by atoms with Crippen LogP contribution in [0.15, 0.2) is 53.5 Å². The van der Waals surface area contributed by atoms with Gasteiger partial charge in [-0.15, -0.1) is 0 Å². The molecule has 0 radical (unpaired) electrons. The van der Waals surface area contributed by atoms with Crippen LogP contribution < -0.4 is 26.8 Å². The van der Waals surface area contributed by atoms with Gasteiger partial charge in [-0.1, -0.05) is 24.3 Å². The predicted octanol–water partition coefficient (Wildman–Crippen LogP) is 2.51. The van der Waals surface area contributed by atoms with E-state index < -0.39 is 6.04 Å². The molecule has 1 aliphatic heterocycles. The van der Waals surface area contributed by atoms with E-state index in [0.29, 0.717) is 28.3 Å². The number of nitriles is 3. The molecule has 160 valence electrons. The molecule has 6 N–H and O–H groups in total. The Labute approximate surface area is 189 Å². The Kier molecular flexibility index (Phi) is 5.62. The van der Waals surface area contributed by atoms with Crippen molar-refractivity contribution in [1.29, 1.82) is 15.8 Å². The average Bonchev–Trinajstić information content (AvgIpc) is 2.83. The Morgan fingerprint density at radius 3 is 2.64 bits per heavy atom. The monoisotopic (exact) mass is 435 g/mol. The molecule has 2 aromatic carbocycles. The van der Waals surface area contributed by atoms with E-state index in [2.05, 4.69) is 26.7 Å². The number of hydrogen-bond acceptors (Lipinski definition) is 10. The summed E-state index contributed by atoms with van der Waals surface area (Å²) in [5.41, 5.74) is 15.0. The second-order valence-corrected chi connectivity index (χ2v) is 7.08. The molecule has 0 amide bonds. The van der Waals surface area contributed by atoms with Gasteiger partial charge in [0.1, 0.15) is 41.7 Å². The SMILES string of the molecule is N#CNC1=NC(c2cccc(OCc3cccc(C#N)c3)c2)c2c(nc(N)c(C#N)c2N)N1. The van der Waals surface area contributed by atoms with Crippen LogP contribution in [0.25, 0.3) is 0 Å². The molecule has 0 aliphatic carbocycles. The zero-order valence-electron chi connectivity index (χ0n) is 17.2. The highest BCUT2D eigenvalue weighted by molar-refractivity contribution is 5.98. The topological polar surface area (TPSA) is 182 Å². The summed E-state index contributed by atoms with van der Waals surface area (Å²) >= 11 is 0. The highest BCUT2D eigenvalue weighted by Crippen LogP contribution is 2.41. The molecule has 0 fully saturated rings. The quantitative estimate of drug-likeness (QED) is 0.353. The summed E-state index contributed by atoms with van der Waals surface area (Å²) < 4.78 is 5.92. The van der Waals surface area contributed by atoms with Crippen LogP contribution in [0.1, 0.15) is 33.9 Å². The van der Waals surface area contributed by atoms with Crippen LogP contribution in [0, 0.1) is 34.1 Å². The van der Waals surface area contributed by atoms with Crippen LogP contribution in [0.3, 0.4) is 0 Å². The largest absolute Gasteiger partial charge is 0.489 e. The summed E-state index contributed by atoms with van der Waals surface area (Å²) in [6.07, 6.45) is 1.82. The molecular formula is C23H17N9O. The van der Waals surface area contributed by atoms with Gasteiger partial charge in [0.15, 0.2) is 6.19 Å². The van der Waals surface area contributed by atoms with Gasteiger partial charge in [0.2, 0.25) is 5.96 Å². The number of nitrogens with zero attached hydrogens (tertiary/aromatic N) is 5. The van der Waals surface area contributed by atoms with Crippen LogP contribution in [-0.4, -0.2) is 10.9 Å². The van der Waals surface area contributed by atoms with Gasteiger partial charge in [-0.05, 0) is 35.4 Å². The Bertz CT molecular complexity index is 1390. The van der Waals surface area contributed by atoms with Crippen LogP contribution in [-0.2, 0) is 6.61 Å². The number of rotatable bonds is 4. The predicted molar refractivity (Wildman–Crippen MR) is 121 cm³/mol. The molecule has 1 unspecified atom stereocenters. The molecule has 2 heterocycles. The molecule has 0 saturated heterocycles. The summed E-state index contributed by atoms with van der Waals surface area (Å²) in [4.78, 5) is 8.79. The van der Waals surface area contributed by atoms with Crippen molar-refractivity contribution in [1.82, 2.24) is 10.3 Å². The van der Waals surface area contributed by atoms with E-state index in [1.807, 2.05) is 24.4 Å². The summed E-state index contributed by atoms with van der Waals surface area (Å²) in [5.74, 6) is 1.03. The first kappa shape index (κ1) is 21.0. The Morgan fingerprint density at radius 2 is 1.88 bits per heavy atom. The Morgan fingerprint density at radius 1 is 1.06 bits per heavy atom. The third-order valence-corrected chi connectivity index (χ3v) is 4.99. The normalized spacial score (nSPS) is 13.8. The van der Waals surface area contributed by atoms with E-state index >= 15 is 0 Å². The molecule has 1 aromatic heterocycles. The third kappa shape index (κ3) is 4.15. The van der Waals surface area contributed by atoms with Gasteiger partial charge in [-0.25, -0.2) is 9.98 Å². The first-order valence-electron chi connectivity index (χ1n) is 9.74. The maximum absolute atomic E-state index is 9.45. The number of guanidine groups is 1. The number of ether oxygens (including phenoxy) is 1. The number of fused-ring (bicyclic) bond motifs is 1. The van der Waals surface area contributed by atoms with E-state index in [1.165, 1.54) is 0 Å². The average molecular weight is 435 g/mol. The first-order chi connectivity index (χ1) is 16.0. The molecule has 33 heavy (non-hydrogen) atoms. The maximum atomic E-state index is 9.45. The smallest absolute Gasteiger partial charge is 0.211 e. The number of aromatic nitrogens is 1. The van der Waals surface area contributed by atoms with Crippen LogP contribution >= 0.6 is 0 Å². The van der Waals surface area contributed by atoms with Gasteiger partial charge < -0.3 is 21.5 Å². The van der Waals surface area contributed by atoms with Crippen molar-refractivity contribution >= 4 is 23.3 Å². The Hall–Kier alpha value is -5.27. The second-order valence-electron chi connectivity index (χ2n) is 7.08. The minimum Gasteiger partial charge on any atom is -0.489 e. The number of nitrogens with two attached hydrogens (primary N) is 2. The molecule has 1 atom stereocenters. The summed E-state index contributed by atoms with van der Waals surface area (Å²) in [6, 6.07) is 17.8. The van der Waals surface area contributed by atoms with Crippen LogP contribution in [0.4, 0.5) is 17.3 Å². The lowest BCUT2D eigenvalue weighted by molar-refractivity contribution is 0.306. The molecule has 4 rings (SSSR count). The molecular weight excluding hydrogens is 418 g/mol. The van der Waals surface area contributed by atoms with Crippen LogP contribution in [0.5, 0.6) is 5.75 Å². The van der Waals surface area contributed by atoms with Crippen molar-refractivity contribution in [3.63, 3.8) is 0 Å². The van der Waals surface area contributed by atoms with E-state index in [0.717, 1.165) is 5.56 Å². The third-order valence-electron chi connectivity index (χ3n) is 4.99. The molecule has 10 nitrogen and oxygen atoms in total. The molecule has 0 bridgehead atoms. The van der Waals surface area contributed by atoms with Gasteiger partial charge in [0.05, 0.1) is 17.3 Å². The fourth-order valence-electron chi connectivity index (χ4n) is 3.49. The van der Waals surface area contributed by atoms with Crippen molar-refractivity contribution in [3.8, 4) is 24.1 Å². The van der Waals surface area contributed by atoms with E-state index in [1.54, 1.807) is 36.4 Å².